The normalized spacial score (nSPS) is 16.9. The van der Waals surface area contributed by atoms with Crippen molar-refractivity contribution in [1.29, 1.82) is 0 Å². The summed E-state index contributed by atoms with van der Waals surface area (Å²) in [5.41, 5.74) is 3.44. The van der Waals surface area contributed by atoms with Crippen LogP contribution in [-0.2, 0) is 10.2 Å². The molecule has 28 heavy (non-hydrogen) atoms. The lowest BCUT2D eigenvalue weighted by atomic mass is 9.86. The van der Waals surface area contributed by atoms with Crippen molar-refractivity contribution < 1.29 is 9.59 Å². The van der Waals surface area contributed by atoms with Crippen LogP contribution in [0.1, 0.15) is 28.8 Å². The quantitative estimate of drug-likeness (QED) is 0.672. The first-order valence-electron chi connectivity index (χ1n) is 9.28. The molecule has 1 aromatic heterocycles. The topological polar surface area (TPSA) is 62.3 Å². The number of hydrogen-bond donors (Lipinski definition) is 1. The van der Waals surface area contributed by atoms with Gasteiger partial charge in [-0.2, -0.15) is 0 Å². The Kier molecular flexibility index (Phi) is 3.98. The van der Waals surface area contributed by atoms with Gasteiger partial charge < -0.3 is 10.2 Å². The predicted molar refractivity (Wildman–Crippen MR) is 111 cm³/mol. The average molecular weight is 436 g/mol. The summed E-state index contributed by atoms with van der Waals surface area (Å²) in [6.45, 7) is 0.658. The van der Waals surface area contributed by atoms with E-state index in [0.29, 0.717) is 12.2 Å². The summed E-state index contributed by atoms with van der Waals surface area (Å²) in [6, 6.07) is 15.2. The highest BCUT2D eigenvalue weighted by Crippen LogP contribution is 2.52. The zero-order chi connectivity index (χ0) is 19.3. The lowest BCUT2D eigenvalue weighted by Gasteiger charge is -2.34. The Morgan fingerprint density at radius 2 is 2.04 bits per heavy atom. The third-order valence-corrected chi connectivity index (χ3v) is 6.13. The second-order valence-electron chi connectivity index (χ2n) is 7.59. The van der Waals surface area contributed by atoms with Crippen molar-refractivity contribution in [1.82, 2.24) is 9.88 Å². The van der Waals surface area contributed by atoms with Crippen LogP contribution in [-0.4, -0.2) is 34.8 Å². The van der Waals surface area contributed by atoms with Gasteiger partial charge in [-0.15, -0.1) is 0 Å². The summed E-state index contributed by atoms with van der Waals surface area (Å²) in [6.07, 6.45) is 3.85. The minimum Gasteiger partial charge on any atom is -0.328 e. The van der Waals surface area contributed by atoms with Crippen molar-refractivity contribution >= 4 is 44.3 Å². The van der Waals surface area contributed by atoms with Crippen molar-refractivity contribution in [2.45, 2.75) is 18.3 Å². The minimum atomic E-state index is -0.187. The number of nitrogens with zero attached hydrogens (tertiary/aromatic N) is 2. The Hall–Kier alpha value is -2.73. The Morgan fingerprint density at radius 1 is 1.18 bits per heavy atom. The van der Waals surface area contributed by atoms with Crippen LogP contribution in [0.15, 0.2) is 59.2 Å². The number of anilines is 1. The molecule has 1 saturated carbocycles. The van der Waals surface area contributed by atoms with Crippen molar-refractivity contribution in [2.75, 3.05) is 18.4 Å². The molecule has 0 unspecified atom stereocenters. The number of fused-ring (bicyclic) bond motifs is 3. The number of pyridine rings is 1. The highest BCUT2D eigenvalue weighted by molar-refractivity contribution is 9.10. The monoisotopic (exact) mass is 435 g/mol. The first-order valence-corrected chi connectivity index (χ1v) is 10.1. The van der Waals surface area contributed by atoms with Crippen LogP contribution >= 0.6 is 15.9 Å². The number of hydrogen-bond acceptors (Lipinski definition) is 3. The standard InChI is InChI=1S/C22H18BrN3O2/c23-15-3-5-17-18(11-15)22(7-8-22)13-26(21(17)28)12-20(27)25-16-4-6-19-14(10-16)2-1-9-24-19/h1-6,9-11H,7-8,12-13H2,(H,25,27). The molecule has 5 nitrogen and oxygen atoms in total. The SMILES string of the molecule is O=C(CN1CC2(CC2)c2cc(Br)ccc2C1=O)Nc1ccc2ncccc2c1. The number of halogens is 1. The van der Waals surface area contributed by atoms with Crippen LogP contribution in [0.2, 0.25) is 0 Å². The van der Waals surface area contributed by atoms with Gasteiger partial charge in [-0.1, -0.05) is 22.0 Å². The van der Waals surface area contributed by atoms with E-state index >= 15 is 0 Å². The summed E-state index contributed by atoms with van der Waals surface area (Å²) in [5.74, 6) is -0.258. The number of carbonyl (C=O) groups excluding carboxylic acids is 2. The van der Waals surface area contributed by atoms with Gasteiger partial charge in [0.1, 0.15) is 6.54 Å². The molecule has 140 valence electrons. The van der Waals surface area contributed by atoms with E-state index in [1.807, 2.05) is 42.5 Å². The minimum absolute atomic E-state index is 0.0158. The van der Waals surface area contributed by atoms with Crippen LogP contribution < -0.4 is 5.32 Å². The zero-order valence-corrected chi connectivity index (χ0v) is 16.7. The molecule has 0 radical (unpaired) electrons. The summed E-state index contributed by atoms with van der Waals surface area (Å²) >= 11 is 3.51. The van der Waals surface area contributed by atoms with Gasteiger partial charge in [0.25, 0.3) is 5.91 Å². The fourth-order valence-corrected chi connectivity index (χ4v) is 4.43. The van der Waals surface area contributed by atoms with E-state index in [9.17, 15) is 9.59 Å². The molecule has 1 aliphatic carbocycles. The van der Waals surface area contributed by atoms with Crippen LogP contribution in [0.3, 0.4) is 0 Å². The maximum absolute atomic E-state index is 12.9. The molecular formula is C22H18BrN3O2. The lowest BCUT2D eigenvalue weighted by molar-refractivity contribution is -0.117. The summed E-state index contributed by atoms with van der Waals surface area (Å²) in [4.78, 5) is 31.5. The highest BCUT2D eigenvalue weighted by Gasteiger charge is 2.51. The zero-order valence-electron chi connectivity index (χ0n) is 15.1. The Morgan fingerprint density at radius 3 is 2.86 bits per heavy atom. The third kappa shape index (κ3) is 2.98. The molecular weight excluding hydrogens is 418 g/mol. The van der Waals surface area contributed by atoms with E-state index in [1.54, 1.807) is 11.1 Å². The second-order valence-corrected chi connectivity index (χ2v) is 8.51. The number of rotatable bonds is 3. The van der Waals surface area contributed by atoms with E-state index in [2.05, 4.69) is 32.3 Å². The van der Waals surface area contributed by atoms with Crippen molar-refractivity contribution in [2.24, 2.45) is 0 Å². The number of carbonyl (C=O) groups is 2. The summed E-state index contributed by atoms with van der Waals surface area (Å²) in [7, 11) is 0. The van der Waals surface area contributed by atoms with Gasteiger partial charge in [0.05, 0.1) is 5.52 Å². The van der Waals surface area contributed by atoms with E-state index in [1.165, 1.54) is 0 Å². The Balaban J connectivity index is 1.35. The van der Waals surface area contributed by atoms with Gasteiger partial charge >= 0.3 is 0 Å². The van der Waals surface area contributed by atoms with Gasteiger partial charge in [-0.25, -0.2) is 0 Å². The second kappa shape index (κ2) is 6.41. The van der Waals surface area contributed by atoms with E-state index in [4.69, 9.17) is 0 Å². The summed E-state index contributed by atoms with van der Waals surface area (Å²) < 4.78 is 0.988. The molecule has 1 aliphatic heterocycles. The van der Waals surface area contributed by atoms with Crippen LogP contribution in [0.25, 0.3) is 10.9 Å². The molecule has 2 heterocycles. The molecule has 1 fully saturated rings. The maximum Gasteiger partial charge on any atom is 0.254 e. The van der Waals surface area contributed by atoms with Gasteiger partial charge in [0.2, 0.25) is 5.91 Å². The Bertz CT molecular complexity index is 1120. The largest absolute Gasteiger partial charge is 0.328 e. The van der Waals surface area contributed by atoms with Crippen molar-refractivity contribution in [3.63, 3.8) is 0 Å². The van der Waals surface area contributed by atoms with Crippen LogP contribution in [0.5, 0.6) is 0 Å². The fraction of sp³-hybridized carbons (Fsp3) is 0.227. The third-order valence-electron chi connectivity index (χ3n) is 5.64. The fourth-order valence-electron chi connectivity index (χ4n) is 4.07. The molecule has 0 atom stereocenters. The molecule has 0 saturated heterocycles. The lowest BCUT2D eigenvalue weighted by Crippen LogP contribution is -2.46. The van der Waals surface area contributed by atoms with Crippen LogP contribution in [0, 0.1) is 0 Å². The molecule has 5 rings (SSSR count). The summed E-state index contributed by atoms with van der Waals surface area (Å²) in [5, 5.41) is 3.88. The number of benzene rings is 2. The smallest absolute Gasteiger partial charge is 0.254 e. The van der Waals surface area contributed by atoms with Crippen molar-refractivity contribution in [3.8, 4) is 0 Å². The highest BCUT2D eigenvalue weighted by atomic mass is 79.9. The van der Waals surface area contributed by atoms with Crippen LogP contribution in [0.4, 0.5) is 5.69 Å². The number of aromatic nitrogens is 1. The van der Waals surface area contributed by atoms with Crippen molar-refractivity contribution in [3.05, 3.63) is 70.3 Å². The van der Waals surface area contributed by atoms with E-state index < -0.39 is 0 Å². The molecule has 1 spiro atoms. The molecule has 2 amide bonds. The molecule has 2 aromatic carbocycles. The molecule has 3 aromatic rings. The number of amides is 2. The van der Waals surface area contributed by atoms with Gasteiger partial charge in [-0.05, 0) is 60.9 Å². The molecule has 1 N–H and O–H groups in total. The first kappa shape index (κ1) is 17.4. The molecule has 2 aliphatic rings. The van der Waals surface area contributed by atoms with Gasteiger partial charge in [0.15, 0.2) is 0 Å². The average Bonchev–Trinajstić information content (AvgIpc) is 3.46. The van der Waals surface area contributed by atoms with E-state index in [-0.39, 0.29) is 23.8 Å². The predicted octanol–water partition coefficient (Wildman–Crippen LogP) is 4.12. The molecule has 0 bridgehead atoms. The van der Waals surface area contributed by atoms with E-state index in [0.717, 1.165) is 39.3 Å². The van der Waals surface area contributed by atoms with Gasteiger partial charge in [-0.3, -0.25) is 14.6 Å². The maximum atomic E-state index is 12.9. The molecule has 6 heteroatoms. The van der Waals surface area contributed by atoms with Gasteiger partial charge in [0, 0.05) is 39.3 Å². The first-order chi connectivity index (χ1) is 13.5. The Labute approximate surface area is 170 Å². The number of nitrogens with one attached hydrogen (secondary N) is 1.